The second-order valence-electron chi connectivity index (χ2n) is 4.68. The van der Waals surface area contributed by atoms with E-state index in [-0.39, 0.29) is 5.92 Å². The topological polar surface area (TPSA) is 21.3 Å². The summed E-state index contributed by atoms with van der Waals surface area (Å²) in [6.07, 6.45) is 2.33. The monoisotopic (exact) mass is 239 g/mol. The van der Waals surface area contributed by atoms with Gasteiger partial charge in [0.25, 0.3) is 0 Å². The maximum Gasteiger partial charge on any atom is 0.133 e. The highest BCUT2D eigenvalue weighted by Crippen LogP contribution is 2.40. The quantitative estimate of drug-likeness (QED) is 0.812. The summed E-state index contributed by atoms with van der Waals surface area (Å²) in [5, 5.41) is 3.25. The molecule has 1 aromatic carbocycles. The summed E-state index contributed by atoms with van der Waals surface area (Å²) in [4.78, 5) is 0. The predicted octanol–water partition coefficient (Wildman–Crippen LogP) is 2.37. The Labute approximate surface area is 99.0 Å². The lowest BCUT2D eigenvalue weighted by Crippen LogP contribution is -2.27. The van der Waals surface area contributed by atoms with E-state index in [9.17, 15) is 8.78 Å². The van der Waals surface area contributed by atoms with Crippen LogP contribution in [0, 0.1) is 11.6 Å². The van der Waals surface area contributed by atoms with Crippen molar-refractivity contribution in [2.24, 2.45) is 0 Å². The Bertz CT molecular complexity index is 442. The number of hydrogen-bond donors (Lipinski definition) is 1. The molecule has 0 spiro atoms. The third kappa shape index (κ3) is 1.80. The number of piperidine rings is 1. The van der Waals surface area contributed by atoms with Crippen LogP contribution in [0.2, 0.25) is 0 Å². The molecular weight excluding hydrogens is 224 g/mol. The first-order valence-corrected chi connectivity index (χ1v) is 6.11. The number of hydrogen-bond acceptors (Lipinski definition) is 2. The molecule has 2 aliphatic heterocycles. The van der Waals surface area contributed by atoms with Gasteiger partial charge in [-0.3, -0.25) is 0 Å². The number of fused-ring (bicyclic) bond motifs is 1. The molecular formula is C13H15F2NO. The summed E-state index contributed by atoms with van der Waals surface area (Å²) >= 11 is 0. The highest BCUT2D eigenvalue weighted by molar-refractivity contribution is 5.47. The average Bonchev–Trinajstić information content (AvgIpc) is 2.79. The number of benzene rings is 1. The standard InChI is InChI=1S/C13H15F2NO/c14-10-7-11(15)12(8-1-4-16-5-2-8)13-9(10)3-6-17-13/h7-8,16H,1-6H2. The van der Waals surface area contributed by atoms with E-state index in [1.54, 1.807) is 0 Å². The van der Waals surface area contributed by atoms with Crippen molar-refractivity contribution in [2.75, 3.05) is 19.7 Å². The molecule has 1 N–H and O–H groups in total. The lowest BCUT2D eigenvalue weighted by molar-refractivity contribution is 0.341. The molecule has 1 fully saturated rings. The van der Waals surface area contributed by atoms with Crippen molar-refractivity contribution in [3.8, 4) is 5.75 Å². The molecule has 2 heterocycles. The van der Waals surface area contributed by atoms with E-state index < -0.39 is 11.6 Å². The summed E-state index contributed by atoms with van der Waals surface area (Å²) in [6.45, 7) is 2.24. The maximum absolute atomic E-state index is 13.9. The van der Waals surface area contributed by atoms with Gasteiger partial charge in [0.2, 0.25) is 0 Å². The van der Waals surface area contributed by atoms with Crippen LogP contribution in [0.4, 0.5) is 8.78 Å². The van der Waals surface area contributed by atoms with Gasteiger partial charge in [0.15, 0.2) is 0 Å². The Morgan fingerprint density at radius 1 is 1.18 bits per heavy atom. The zero-order valence-corrected chi connectivity index (χ0v) is 9.56. The van der Waals surface area contributed by atoms with Gasteiger partial charge in [-0.15, -0.1) is 0 Å². The Morgan fingerprint density at radius 2 is 1.94 bits per heavy atom. The van der Waals surface area contributed by atoms with E-state index in [4.69, 9.17) is 4.74 Å². The number of halogens is 2. The van der Waals surface area contributed by atoms with Gasteiger partial charge in [-0.25, -0.2) is 8.78 Å². The van der Waals surface area contributed by atoms with Crippen molar-refractivity contribution in [2.45, 2.75) is 25.2 Å². The summed E-state index contributed by atoms with van der Waals surface area (Å²) < 4.78 is 33.0. The molecule has 0 atom stereocenters. The molecule has 0 radical (unpaired) electrons. The number of rotatable bonds is 1. The van der Waals surface area contributed by atoms with E-state index >= 15 is 0 Å². The molecule has 0 bridgehead atoms. The molecule has 2 nitrogen and oxygen atoms in total. The van der Waals surface area contributed by atoms with Gasteiger partial charge in [-0.05, 0) is 31.8 Å². The molecule has 1 saturated heterocycles. The summed E-state index contributed by atoms with van der Waals surface area (Å²) in [7, 11) is 0. The van der Waals surface area contributed by atoms with E-state index in [0.717, 1.165) is 32.0 Å². The first-order valence-electron chi connectivity index (χ1n) is 6.11. The molecule has 4 heteroatoms. The van der Waals surface area contributed by atoms with Crippen LogP contribution in [0.3, 0.4) is 0 Å². The van der Waals surface area contributed by atoms with Crippen molar-refractivity contribution in [3.05, 3.63) is 28.8 Å². The fourth-order valence-electron chi connectivity index (χ4n) is 2.80. The fraction of sp³-hybridized carbons (Fsp3) is 0.538. The van der Waals surface area contributed by atoms with Crippen LogP contribution >= 0.6 is 0 Å². The maximum atomic E-state index is 13.9. The van der Waals surface area contributed by atoms with Gasteiger partial charge in [-0.2, -0.15) is 0 Å². The normalized spacial score (nSPS) is 20.1. The van der Waals surface area contributed by atoms with Crippen LogP contribution in [0.1, 0.15) is 29.9 Å². The Hall–Kier alpha value is -1.16. The molecule has 0 aromatic heterocycles. The van der Waals surface area contributed by atoms with Crippen molar-refractivity contribution in [1.29, 1.82) is 0 Å². The third-order valence-corrected chi connectivity index (χ3v) is 3.66. The summed E-state index contributed by atoms with van der Waals surface area (Å²) in [6, 6.07) is 1.02. The number of nitrogens with one attached hydrogen (secondary N) is 1. The van der Waals surface area contributed by atoms with Gasteiger partial charge < -0.3 is 10.1 Å². The van der Waals surface area contributed by atoms with Crippen molar-refractivity contribution in [1.82, 2.24) is 5.32 Å². The Kier molecular flexibility index (Phi) is 2.74. The zero-order valence-electron chi connectivity index (χ0n) is 9.56. The van der Waals surface area contributed by atoms with Crippen LogP contribution < -0.4 is 10.1 Å². The van der Waals surface area contributed by atoms with Gasteiger partial charge in [-0.1, -0.05) is 0 Å². The minimum absolute atomic E-state index is 0.156. The minimum atomic E-state index is -0.465. The first kappa shape index (κ1) is 11.0. The second kappa shape index (κ2) is 4.26. The molecule has 0 unspecified atom stereocenters. The van der Waals surface area contributed by atoms with E-state index in [1.165, 1.54) is 0 Å². The van der Waals surface area contributed by atoms with Crippen molar-refractivity contribution >= 4 is 0 Å². The number of ether oxygens (including phenoxy) is 1. The van der Waals surface area contributed by atoms with E-state index in [2.05, 4.69) is 5.32 Å². The van der Waals surface area contributed by atoms with E-state index in [1.807, 2.05) is 0 Å². The van der Waals surface area contributed by atoms with Crippen molar-refractivity contribution < 1.29 is 13.5 Å². The average molecular weight is 239 g/mol. The van der Waals surface area contributed by atoms with Gasteiger partial charge in [0, 0.05) is 23.6 Å². The zero-order chi connectivity index (χ0) is 11.8. The lowest BCUT2D eigenvalue weighted by atomic mass is 9.88. The fourth-order valence-corrected chi connectivity index (χ4v) is 2.80. The van der Waals surface area contributed by atoms with Crippen molar-refractivity contribution in [3.63, 3.8) is 0 Å². The van der Waals surface area contributed by atoms with Crippen LogP contribution in [0.25, 0.3) is 0 Å². The largest absolute Gasteiger partial charge is 0.492 e. The van der Waals surface area contributed by atoms with Crippen LogP contribution in [-0.4, -0.2) is 19.7 Å². The smallest absolute Gasteiger partial charge is 0.133 e. The molecule has 0 saturated carbocycles. The Balaban J connectivity index is 2.06. The highest BCUT2D eigenvalue weighted by atomic mass is 19.1. The lowest BCUT2D eigenvalue weighted by Gasteiger charge is -2.25. The molecule has 0 amide bonds. The highest BCUT2D eigenvalue weighted by Gasteiger charge is 2.29. The molecule has 2 aliphatic rings. The summed E-state index contributed by atoms with van der Waals surface area (Å²) in [5.74, 6) is -0.277. The minimum Gasteiger partial charge on any atom is -0.492 e. The molecule has 92 valence electrons. The van der Waals surface area contributed by atoms with Crippen LogP contribution in [0.5, 0.6) is 5.75 Å². The third-order valence-electron chi connectivity index (χ3n) is 3.66. The molecule has 17 heavy (non-hydrogen) atoms. The second-order valence-corrected chi connectivity index (χ2v) is 4.68. The van der Waals surface area contributed by atoms with Gasteiger partial charge in [0.1, 0.15) is 17.4 Å². The SMILES string of the molecule is Fc1cc(F)c(C2CCNCC2)c2c1CCO2. The van der Waals surface area contributed by atoms with Crippen LogP contribution in [0.15, 0.2) is 6.07 Å². The van der Waals surface area contributed by atoms with E-state index in [0.29, 0.717) is 29.9 Å². The first-order chi connectivity index (χ1) is 8.27. The molecule has 1 aromatic rings. The molecule has 3 rings (SSSR count). The van der Waals surface area contributed by atoms with Gasteiger partial charge >= 0.3 is 0 Å². The Morgan fingerprint density at radius 3 is 2.71 bits per heavy atom. The van der Waals surface area contributed by atoms with Crippen LogP contribution in [-0.2, 0) is 6.42 Å². The summed E-state index contributed by atoms with van der Waals surface area (Å²) in [5.41, 5.74) is 1.15. The molecule has 0 aliphatic carbocycles. The van der Waals surface area contributed by atoms with Gasteiger partial charge in [0.05, 0.1) is 6.61 Å². The predicted molar refractivity (Wildman–Crippen MR) is 60.4 cm³/mol.